The molecule has 0 fully saturated rings. The minimum absolute atomic E-state index is 0.289. The first-order valence-electron chi connectivity index (χ1n) is 6.63. The van der Waals surface area contributed by atoms with Gasteiger partial charge in [-0.05, 0) is 19.1 Å². The number of hydrogen-bond donors (Lipinski definition) is 2. The fraction of sp³-hybridized carbons (Fsp3) is 0.357. The molecule has 0 bridgehead atoms. The van der Waals surface area contributed by atoms with E-state index >= 15 is 0 Å². The SMILES string of the molecule is Cc1c(CNC(=O)Nc2ccc(N(C)C)cn2)cnn1C. The van der Waals surface area contributed by atoms with Gasteiger partial charge in [0.25, 0.3) is 0 Å². The highest BCUT2D eigenvalue weighted by Crippen LogP contribution is 2.12. The molecule has 2 amide bonds. The van der Waals surface area contributed by atoms with Crippen molar-refractivity contribution in [2.45, 2.75) is 13.5 Å². The average molecular weight is 288 g/mol. The summed E-state index contributed by atoms with van der Waals surface area (Å²) in [5.74, 6) is 0.515. The zero-order valence-corrected chi connectivity index (χ0v) is 12.7. The topological polar surface area (TPSA) is 75.1 Å². The van der Waals surface area contributed by atoms with Gasteiger partial charge in [0.05, 0.1) is 18.1 Å². The van der Waals surface area contributed by atoms with E-state index in [1.54, 1.807) is 23.1 Å². The van der Waals surface area contributed by atoms with Gasteiger partial charge in [-0.2, -0.15) is 5.10 Å². The molecule has 2 heterocycles. The van der Waals surface area contributed by atoms with Crippen LogP contribution in [-0.2, 0) is 13.6 Å². The van der Waals surface area contributed by atoms with Crippen molar-refractivity contribution in [2.75, 3.05) is 24.3 Å². The van der Waals surface area contributed by atoms with Gasteiger partial charge in [0, 0.05) is 38.9 Å². The minimum atomic E-state index is -0.289. The Morgan fingerprint density at radius 1 is 1.33 bits per heavy atom. The molecule has 2 N–H and O–H groups in total. The summed E-state index contributed by atoms with van der Waals surface area (Å²) in [4.78, 5) is 18.0. The summed E-state index contributed by atoms with van der Waals surface area (Å²) in [7, 11) is 5.75. The predicted molar refractivity (Wildman–Crippen MR) is 82.4 cm³/mol. The van der Waals surface area contributed by atoms with Gasteiger partial charge in [0.1, 0.15) is 5.82 Å². The monoisotopic (exact) mass is 288 g/mol. The van der Waals surface area contributed by atoms with Crippen molar-refractivity contribution in [2.24, 2.45) is 7.05 Å². The first-order chi connectivity index (χ1) is 9.97. The number of nitrogens with one attached hydrogen (secondary N) is 2. The van der Waals surface area contributed by atoms with Gasteiger partial charge >= 0.3 is 6.03 Å². The maximum Gasteiger partial charge on any atom is 0.320 e. The van der Waals surface area contributed by atoms with Crippen LogP contribution in [0.4, 0.5) is 16.3 Å². The standard InChI is InChI=1S/C14H20N6O/c1-10-11(8-17-20(10)4)7-16-14(21)18-13-6-5-12(9-15-13)19(2)3/h5-6,8-9H,7H2,1-4H3,(H2,15,16,18,21). The Hall–Kier alpha value is -2.57. The lowest BCUT2D eigenvalue weighted by atomic mass is 10.2. The summed E-state index contributed by atoms with van der Waals surface area (Å²) in [6.07, 6.45) is 3.46. The maximum atomic E-state index is 11.8. The number of anilines is 2. The number of rotatable bonds is 4. The number of aromatic nitrogens is 3. The van der Waals surface area contributed by atoms with E-state index in [0.717, 1.165) is 16.9 Å². The summed E-state index contributed by atoms with van der Waals surface area (Å²) < 4.78 is 1.77. The molecule has 0 aliphatic rings. The van der Waals surface area contributed by atoms with Crippen LogP contribution in [0.1, 0.15) is 11.3 Å². The molecule has 0 radical (unpaired) electrons. The minimum Gasteiger partial charge on any atom is -0.376 e. The summed E-state index contributed by atoms with van der Waals surface area (Å²) in [5.41, 5.74) is 3.00. The normalized spacial score (nSPS) is 10.3. The summed E-state index contributed by atoms with van der Waals surface area (Å²) in [6, 6.07) is 3.38. The molecule has 0 aromatic carbocycles. The number of aryl methyl sites for hydroxylation is 1. The number of nitrogens with zero attached hydrogens (tertiary/aromatic N) is 4. The molecule has 21 heavy (non-hydrogen) atoms. The van der Waals surface area contributed by atoms with E-state index in [0.29, 0.717) is 12.4 Å². The number of pyridine rings is 1. The highest BCUT2D eigenvalue weighted by molar-refractivity contribution is 5.88. The van der Waals surface area contributed by atoms with Gasteiger partial charge < -0.3 is 10.2 Å². The van der Waals surface area contributed by atoms with E-state index in [1.165, 1.54) is 0 Å². The molecule has 2 aromatic rings. The summed E-state index contributed by atoms with van der Waals surface area (Å²) >= 11 is 0. The first-order valence-corrected chi connectivity index (χ1v) is 6.63. The van der Waals surface area contributed by atoms with Crippen molar-refractivity contribution in [3.8, 4) is 0 Å². The van der Waals surface area contributed by atoms with Crippen LogP contribution in [0, 0.1) is 6.92 Å². The fourth-order valence-electron chi connectivity index (χ4n) is 1.78. The van der Waals surface area contributed by atoms with E-state index in [-0.39, 0.29) is 6.03 Å². The maximum absolute atomic E-state index is 11.8. The van der Waals surface area contributed by atoms with Crippen molar-refractivity contribution in [3.05, 3.63) is 35.8 Å². The van der Waals surface area contributed by atoms with Crippen molar-refractivity contribution < 1.29 is 4.79 Å². The van der Waals surface area contributed by atoms with Crippen LogP contribution >= 0.6 is 0 Å². The van der Waals surface area contributed by atoms with E-state index < -0.39 is 0 Å². The molecule has 0 aliphatic carbocycles. The first kappa shape index (κ1) is 14.8. The Morgan fingerprint density at radius 2 is 2.10 bits per heavy atom. The van der Waals surface area contributed by atoms with Crippen molar-refractivity contribution >= 4 is 17.5 Å². The fourth-order valence-corrected chi connectivity index (χ4v) is 1.78. The summed E-state index contributed by atoms with van der Waals surface area (Å²) in [5, 5.41) is 9.62. The van der Waals surface area contributed by atoms with E-state index in [1.807, 2.05) is 39.0 Å². The molecule has 7 nitrogen and oxygen atoms in total. The average Bonchev–Trinajstić information content (AvgIpc) is 2.77. The van der Waals surface area contributed by atoms with Gasteiger partial charge in [-0.1, -0.05) is 0 Å². The molecule has 0 aliphatic heterocycles. The van der Waals surface area contributed by atoms with Gasteiger partial charge in [-0.25, -0.2) is 9.78 Å². The number of carbonyl (C=O) groups excluding carboxylic acids is 1. The Balaban J connectivity index is 1.88. The van der Waals surface area contributed by atoms with Crippen LogP contribution in [0.2, 0.25) is 0 Å². The van der Waals surface area contributed by atoms with Crippen LogP contribution in [0.3, 0.4) is 0 Å². The second-order valence-electron chi connectivity index (χ2n) is 4.98. The van der Waals surface area contributed by atoms with Gasteiger partial charge in [-0.15, -0.1) is 0 Å². The Bertz CT molecular complexity index is 617. The van der Waals surface area contributed by atoms with Crippen LogP contribution in [0.15, 0.2) is 24.5 Å². The Morgan fingerprint density at radius 3 is 2.62 bits per heavy atom. The predicted octanol–water partition coefficient (Wildman–Crippen LogP) is 1.51. The van der Waals surface area contributed by atoms with Gasteiger partial charge in [0.2, 0.25) is 0 Å². The number of hydrogen-bond acceptors (Lipinski definition) is 4. The second kappa shape index (κ2) is 6.25. The summed E-state index contributed by atoms with van der Waals surface area (Å²) in [6.45, 7) is 2.39. The molecule has 2 aromatic heterocycles. The highest BCUT2D eigenvalue weighted by Gasteiger charge is 2.07. The number of carbonyl (C=O) groups is 1. The molecule has 0 saturated heterocycles. The third-order valence-electron chi connectivity index (χ3n) is 3.28. The van der Waals surface area contributed by atoms with Crippen LogP contribution in [-0.4, -0.2) is 34.9 Å². The lowest BCUT2D eigenvalue weighted by Crippen LogP contribution is -2.28. The van der Waals surface area contributed by atoms with E-state index in [2.05, 4.69) is 20.7 Å². The van der Waals surface area contributed by atoms with Crippen LogP contribution in [0.5, 0.6) is 0 Å². The van der Waals surface area contributed by atoms with Crippen molar-refractivity contribution in [3.63, 3.8) is 0 Å². The second-order valence-corrected chi connectivity index (χ2v) is 4.98. The largest absolute Gasteiger partial charge is 0.376 e. The van der Waals surface area contributed by atoms with E-state index in [4.69, 9.17) is 0 Å². The number of urea groups is 1. The zero-order valence-electron chi connectivity index (χ0n) is 12.7. The van der Waals surface area contributed by atoms with Crippen LogP contribution in [0.25, 0.3) is 0 Å². The molecular weight excluding hydrogens is 268 g/mol. The smallest absolute Gasteiger partial charge is 0.320 e. The molecule has 112 valence electrons. The van der Waals surface area contributed by atoms with Gasteiger partial charge in [0.15, 0.2) is 0 Å². The molecule has 2 rings (SSSR count). The van der Waals surface area contributed by atoms with Crippen molar-refractivity contribution in [1.82, 2.24) is 20.1 Å². The van der Waals surface area contributed by atoms with Gasteiger partial charge in [-0.3, -0.25) is 10.00 Å². The third-order valence-corrected chi connectivity index (χ3v) is 3.28. The molecule has 0 spiro atoms. The molecular formula is C14H20N6O. The lowest BCUT2D eigenvalue weighted by molar-refractivity contribution is 0.251. The lowest BCUT2D eigenvalue weighted by Gasteiger charge is -2.12. The quantitative estimate of drug-likeness (QED) is 0.894. The molecule has 0 unspecified atom stereocenters. The van der Waals surface area contributed by atoms with E-state index in [9.17, 15) is 4.79 Å². The third kappa shape index (κ3) is 3.71. The molecule has 7 heteroatoms. The highest BCUT2D eigenvalue weighted by atomic mass is 16.2. The van der Waals surface area contributed by atoms with Crippen molar-refractivity contribution in [1.29, 1.82) is 0 Å². The zero-order chi connectivity index (χ0) is 15.4. The molecule has 0 atom stereocenters. The molecule has 0 saturated carbocycles. The number of amides is 2. The van der Waals surface area contributed by atoms with Crippen LogP contribution < -0.4 is 15.5 Å². The Labute approximate surface area is 124 Å². The Kier molecular flexibility index (Phi) is 4.42.